The summed E-state index contributed by atoms with van der Waals surface area (Å²) >= 11 is 3.36. The molecule has 1 rings (SSSR count). The molecule has 0 radical (unpaired) electrons. The van der Waals surface area contributed by atoms with Crippen LogP contribution < -0.4 is 0 Å². The number of aliphatic hydroxyl groups is 1. The van der Waals surface area contributed by atoms with Crippen LogP contribution in [0.1, 0.15) is 25.6 Å². The highest BCUT2D eigenvalue weighted by Crippen LogP contribution is 2.26. The number of ether oxygens (including phenoxy) is 1. The molecule has 1 N–H and O–H groups in total. The van der Waals surface area contributed by atoms with E-state index in [4.69, 9.17) is 4.74 Å². The van der Waals surface area contributed by atoms with Gasteiger partial charge in [-0.2, -0.15) is 5.10 Å². The van der Waals surface area contributed by atoms with Crippen molar-refractivity contribution in [1.29, 1.82) is 0 Å². The summed E-state index contributed by atoms with van der Waals surface area (Å²) in [5, 5.41) is 14.1. The second-order valence-electron chi connectivity index (χ2n) is 3.08. The van der Waals surface area contributed by atoms with Gasteiger partial charge < -0.3 is 9.84 Å². The fourth-order valence-corrected chi connectivity index (χ4v) is 1.80. The molecule has 2 atom stereocenters. The van der Waals surface area contributed by atoms with E-state index in [-0.39, 0.29) is 6.10 Å². The largest absolute Gasteiger partial charge is 0.384 e. The predicted molar refractivity (Wildman–Crippen MR) is 57.0 cm³/mol. The van der Waals surface area contributed by atoms with Crippen molar-refractivity contribution in [3.63, 3.8) is 0 Å². The maximum absolute atomic E-state index is 9.95. The molecule has 0 saturated carbocycles. The number of rotatable bonds is 4. The van der Waals surface area contributed by atoms with Gasteiger partial charge in [-0.3, -0.25) is 4.68 Å². The Morgan fingerprint density at radius 2 is 2.36 bits per heavy atom. The van der Waals surface area contributed by atoms with Crippen LogP contribution in [0.3, 0.4) is 0 Å². The molecule has 0 aliphatic heterocycles. The van der Waals surface area contributed by atoms with Gasteiger partial charge in [-0.15, -0.1) is 0 Å². The summed E-state index contributed by atoms with van der Waals surface area (Å²) in [6, 6.07) is 0. The average molecular weight is 263 g/mol. The lowest BCUT2D eigenvalue weighted by Crippen LogP contribution is -2.20. The molecule has 1 aromatic rings. The molecular formula is C9H15BrN2O2. The highest BCUT2D eigenvalue weighted by atomic mass is 79.9. The topological polar surface area (TPSA) is 47.3 Å². The normalized spacial score (nSPS) is 15.5. The van der Waals surface area contributed by atoms with Crippen LogP contribution in [0.25, 0.3) is 0 Å². The van der Waals surface area contributed by atoms with E-state index >= 15 is 0 Å². The van der Waals surface area contributed by atoms with Gasteiger partial charge in [-0.05, 0) is 29.8 Å². The van der Waals surface area contributed by atoms with E-state index in [0.29, 0.717) is 0 Å². The van der Waals surface area contributed by atoms with Gasteiger partial charge in [0.05, 0.1) is 22.5 Å². The third-order valence-corrected chi connectivity index (χ3v) is 2.84. The van der Waals surface area contributed by atoms with E-state index in [1.807, 2.05) is 13.8 Å². The number of methoxy groups -OCH3 is 1. The summed E-state index contributed by atoms with van der Waals surface area (Å²) < 4.78 is 7.65. The fourth-order valence-electron chi connectivity index (χ4n) is 1.27. The monoisotopic (exact) mass is 262 g/mol. The van der Waals surface area contributed by atoms with Crippen LogP contribution in [0.2, 0.25) is 0 Å². The summed E-state index contributed by atoms with van der Waals surface area (Å²) in [6.45, 7) is 4.53. The molecule has 14 heavy (non-hydrogen) atoms. The first kappa shape index (κ1) is 11.7. The number of aromatic nitrogens is 2. The van der Waals surface area contributed by atoms with E-state index in [1.54, 1.807) is 18.0 Å². The SMILES string of the molecule is CCn1ncc(Br)c1C(O)C(C)OC. The van der Waals surface area contributed by atoms with Crippen molar-refractivity contribution in [2.24, 2.45) is 0 Å². The van der Waals surface area contributed by atoms with Crippen LogP contribution >= 0.6 is 15.9 Å². The van der Waals surface area contributed by atoms with Crippen molar-refractivity contribution in [3.8, 4) is 0 Å². The molecule has 80 valence electrons. The fraction of sp³-hybridized carbons (Fsp3) is 0.667. The Labute approximate surface area is 92.0 Å². The van der Waals surface area contributed by atoms with Gasteiger partial charge in [0, 0.05) is 13.7 Å². The first-order valence-corrected chi connectivity index (χ1v) is 5.33. The summed E-state index contributed by atoms with van der Waals surface area (Å²) in [5.74, 6) is 0. The van der Waals surface area contributed by atoms with Gasteiger partial charge in [-0.25, -0.2) is 0 Å². The average Bonchev–Trinajstić information content (AvgIpc) is 2.57. The zero-order valence-electron chi connectivity index (χ0n) is 8.57. The summed E-state index contributed by atoms with van der Waals surface area (Å²) in [6.07, 6.45) is 0.787. The van der Waals surface area contributed by atoms with Crippen molar-refractivity contribution in [2.45, 2.75) is 32.6 Å². The van der Waals surface area contributed by atoms with Gasteiger partial charge in [0.1, 0.15) is 6.10 Å². The Hall–Kier alpha value is -0.390. The van der Waals surface area contributed by atoms with E-state index in [2.05, 4.69) is 21.0 Å². The molecule has 5 heteroatoms. The highest BCUT2D eigenvalue weighted by molar-refractivity contribution is 9.10. The van der Waals surface area contributed by atoms with Crippen molar-refractivity contribution >= 4 is 15.9 Å². The molecule has 1 aromatic heterocycles. The number of aliphatic hydroxyl groups excluding tert-OH is 1. The molecule has 0 spiro atoms. The Balaban J connectivity index is 2.97. The molecule has 0 aromatic carbocycles. The van der Waals surface area contributed by atoms with E-state index < -0.39 is 6.10 Å². The zero-order chi connectivity index (χ0) is 10.7. The first-order chi connectivity index (χ1) is 6.61. The number of hydrogen-bond donors (Lipinski definition) is 1. The van der Waals surface area contributed by atoms with E-state index in [9.17, 15) is 5.11 Å². The third-order valence-electron chi connectivity index (χ3n) is 2.23. The van der Waals surface area contributed by atoms with Crippen LogP contribution in [0.15, 0.2) is 10.7 Å². The van der Waals surface area contributed by atoms with Crippen molar-refractivity contribution < 1.29 is 9.84 Å². The molecule has 0 bridgehead atoms. The third kappa shape index (κ3) is 2.16. The molecule has 0 amide bonds. The maximum atomic E-state index is 9.95. The van der Waals surface area contributed by atoms with Gasteiger partial charge >= 0.3 is 0 Å². The minimum absolute atomic E-state index is 0.242. The van der Waals surface area contributed by atoms with Crippen LogP contribution in [0, 0.1) is 0 Å². The molecular weight excluding hydrogens is 248 g/mol. The quantitative estimate of drug-likeness (QED) is 0.900. The molecule has 0 saturated heterocycles. The summed E-state index contributed by atoms with van der Waals surface area (Å²) in [4.78, 5) is 0. The molecule has 4 nitrogen and oxygen atoms in total. The smallest absolute Gasteiger partial charge is 0.123 e. The van der Waals surface area contributed by atoms with Gasteiger partial charge in [0.25, 0.3) is 0 Å². The van der Waals surface area contributed by atoms with Crippen LogP contribution in [-0.2, 0) is 11.3 Å². The van der Waals surface area contributed by atoms with E-state index in [1.165, 1.54) is 0 Å². The predicted octanol–water partition coefficient (Wildman–Crippen LogP) is 1.73. The van der Waals surface area contributed by atoms with Gasteiger partial charge in [-0.1, -0.05) is 0 Å². The van der Waals surface area contributed by atoms with Crippen molar-refractivity contribution in [3.05, 3.63) is 16.4 Å². The number of hydrogen-bond acceptors (Lipinski definition) is 3. The molecule has 1 heterocycles. The van der Waals surface area contributed by atoms with Crippen LogP contribution in [0.5, 0.6) is 0 Å². The summed E-state index contributed by atoms with van der Waals surface area (Å²) in [5.41, 5.74) is 0.766. The zero-order valence-corrected chi connectivity index (χ0v) is 10.2. The van der Waals surface area contributed by atoms with Crippen LogP contribution in [-0.4, -0.2) is 28.1 Å². The highest BCUT2D eigenvalue weighted by Gasteiger charge is 2.22. The Kier molecular flexibility index (Phi) is 4.10. The first-order valence-electron chi connectivity index (χ1n) is 4.53. The number of aryl methyl sites for hydroxylation is 1. The molecule has 0 aliphatic rings. The maximum Gasteiger partial charge on any atom is 0.123 e. The minimum atomic E-state index is -0.656. The second-order valence-corrected chi connectivity index (χ2v) is 3.93. The number of nitrogens with zero attached hydrogens (tertiary/aromatic N) is 2. The Morgan fingerprint density at radius 1 is 1.71 bits per heavy atom. The minimum Gasteiger partial charge on any atom is -0.384 e. The van der Waals surface area contributed by atoms with Crippen molar-refractivity contribution in [1.82, 2.24) is 9.78 Å². The Bertz CT molecular complexity index is 301. The van der Waals surface area contributed by atoms with Gasteiger partial charge in [0.2, 0.25) is 0 Å². The van der Waals surface area contributed by atoms with Gasteiger partial charge in [0.15, 0.2) is 0 Å². The molecule has 0 fully saturated rings. The second kappa shape index (κ2) is 4.91. The number of halogens is 1. The lowest BCUT2D eigenvalue weighted by Gasteiger charge is -2.18. The molecule has 0 aliphatic carbocycles. The lowest BCUT2D eigenvalue weighted by atomic mass is 10.1. The Morgan fingerprint density at radius 3 is 2.86 bits per heavy atom. The standard InChI is InChI=1S/C9H15BrN2O2/c1-4-12-8(7(10)5-11-12)9(13)6(2)14-3/h5-6,9,13H,4H2,1-3H3. The van der Waals surface area contributed by atoms with E-state index in [0.717, 1.165) is 16.7 Å². The summed E-state index contributed by atoms with van der Waals surface area (Å²) in [7, 11) is 1.58. The van der Waals surface area contributed by atoms with Crippen LogP contribution in [0.4, 0.5) is 0 Å². The lowest BCUT2D eigenvalue weighted by molar-refractivity contribution is -0.00619. The van der Waals surface area contributed by atoms with Crippen molar-refractivity contribution in [2.75, 3.05) is 7.11 Å². The molecule has 2 unspecified atom stereocenters.